The Bertz CT molecular complexity index is 527. The lowest BCUT2D eigenvalue weighted by Crippen LogP contribution is -1.96. The Balaban J connectivity index is 2.57. The van der Waals surface area contributed by atoms with E-state index in [4.69, 9.17) is 5.11 Å². The molecule has 0 unspecified atom stereocenters. The fourth-order valence-electron chi connectivity index (χ4n) is 1.78. The molecule has 0 saturated carbocycles. The molecule has 0 spiro atoms. The lowest BCUT2D eigenvalue weighted by atomic mass is 10.0. The van der Waals surface area contributed by atoms with Crippen molar-refractivity contribution in [2.24, 2.45) is 0 Å². The van der Waals surface area contributed by atoms with Gasteiger partial charge in [0.05, 0.1) is 4.90 Å². The highest BCUT2D eigenvalue weighted by molar-refractivity contribution is 7.95. The van der Waals surface area contributed by atoms with Crippen molar-refractivity contribution in [2.45, 2.75) is 18.2 Å². The number of allylic oxidation sites excluding steroid dienone is 1. The minimum absolute atomic E-state index is 0.0777. The van der Waals surface area contributed by atoms with E-state index in [0.717, 1.165) is 16.7 Å². The molecule has 80 valence electrons. The largest absolute Gasteiger partial charge is 0.396 e. The van der Waals surface area contributed by atoms with Gasteiger partial charge < -0.3 is 5.11 Å². The van der Waals surface area contributed by atoms with Crippen LogP contribution in [0.25, 0.3) is 5.57 Å². The number of benzene rings is 1. The molecule has 1 N–H and O–H groups in total. The Morgan fingerprint density at radius 2 is 2.07 bits per heavy atom. The van der Waals surface area contributed by atoms with Gasteiger partial charge in [-0.2, -0.15) is 0 Å². The third-order valence-corrected chi connectivity index (χ3v) is 4.14. The highest BCUT2D eigenvalue weighted by Crippen LogP contribution is 2.33. The number of sulfone groups is 1. The van der Waals surface area contributed by atoms with Gasteiger partial charge in [-0.1, -0.05) is 12.1 Å². The third kappa shape index (κ3) is 1.70. The Morgan fingerprint density at radius 3 is 2.73 bits per heavy atom. The van der Waals surface area contributed by atoms with Crippen LogP contribution < -0.4 is 0 Å². The number of hydrogen-bond donors (Lipinski definition) is 1. The van der Waals surface area contributed by atoms with E-state index in [-0.39, 0.29) is 6.61 Å². The summed E-state index contributed by atoms with van der Waals surface area (Å²) in [6, 6.07) is 5.20. The van der Waals surface area contributed by atoms with Crippen molar-refractivity contribution >= 4 is 15.4 Å². The van der Waals surface area contributed by atoms with Crippen molar-refractivity contribution in [2.75, 3.05) is 6.61 Å². The molecule has 3 nitrogen and oxygen atoms in total. The van der Waals surface area contributed by atoms with Crippen LogP contribution in [0.1, 0.15) is 18.1 Å². The van der Waals surface area contributed by atoms with Gasteiger partial charge in [0.2, 0.25) is 9.84 Å². The zero-order chi connectivity index (χ0) is 11.1. The third-order valence-electron chi connectivity index (χ3n) is 2.51. The van der Waals surface area contributed by atoms with Crippen molar-refractivity contribution in [3.05, 3.63) is 34.7 Å². The van der Waals surface area contributed by atoms with Crippen LogP contribution >= 0.6 is 0 Å². The molecule has 0 bridgehead atoms. The minimum Gasteiger partial charge on any atom is -0.396 e. The summed E-state index contributed by atoms with van der Waals surface area (Å²) >= 11 is 0. The predicted molar refractivity (Wildman–Crippen MR) is 58.1 cm³/mol. The molecule has 0 saturated heterocycles. The summed E-state index contributed by atoms with van der Waals surface area (Å²) in [6.45, 7) is 1.86. The molecular formula is C11H12O3S. The molecule has 1 heterocycles. The summed E-state index contributed by atoms with van der Waals surface area (Å²) in [4.78, 5) is 0.377. The SMILES string of the molecule is CC1=CS(=O)(=O)c2ccc(CCO)cc21. The lowest BCUT2D eigenvalue weighted by molar-refractivity contribution is 0.299. The Kier molecular flexibility index (Phi) is 2.40. The second-order valence-electron chi connectivity index (χ2n) is 3.65. The van der Waals surface area contributed by atoms with Crippen LogP contribution in [0.15, 0.2) is 28.5 Å². The van der Waals surface area contributed by atoms with Crippen LogP contribution in [0, 0.1) is 0 Å². The average molecular weight is 224 g/mol. The summed E-state index contributed by atoms with van der Waals surface area (Å²) < 4.78 is 23.2. The molecule has 0 aromatic heterocycles. The maximum Gasteiger partial charge on any atom is 0.200 e. The molecule has 4 heteroatoms. The Hall–Kier alpha value is -1.13. The first-order chi connectivity index (χ1) is 7.04. The zero-order valence-electron chi connectivity index (χ0n) is 8.40. The fraction of sp³-hybridized carbons (Fsp3) is 0.273. The number of fused-ring (bicyclic) bond motifs is 1. The molecule has 0 amide bonds. The molecule has 1 aliphatic rings. The minimum atomic E-state index is -3.21. The fourth-order valence-corrected chi connectivity index (χ4v) is 3.28. The van der Waals surface area contributed by atoms with Gasteiger partial charge in [-0.05, 0) is 36.1 Å². The van der Waals surface area contributed by atoms with E-state index in [2.05, 4.69) is 0 Å². The topological polar surface area (TPSA) is 54.4 Å². The van der Waals surface area contributed by atoms with Crippen LogP contribution in [-0.4, -0.2) is 20.1 Å². The molecule has 0 fully saturated rings. The first kappa shape index (κ1) is 10.4. The van der Waals surface area contributed by atoms with E-state index in [1.165, 1.54) is 5.41 Å². The number of hydrogen-bond acceptors (Lipinski definition) is 3. The van der Waals surface area contributed by atoms with Gasteiger partial charge in [0.25, 0.3) is 0 Å². The van der Waals surface area contributed by atoms with Gasteiger partial charge in [-0.25, -0.2) is 8.42 Å². The molecule has 1 aliphatic heterocycles. The average Bonchev–Trinajstić information content (AvgIpc) is 2.38. The van der Waals surface area contributed by atoms with Gasteiger partial charge in [0.1, 0.15) is 0 Å². The van der Waals surface area contributed by atoms with Crippen molar-refractivity contribution in [1.29, 1.82) is 0 Å². The molecule has 15 heavy (non-hydrogen) atoms. The number of rotatable bonds is 2. The molecular weight excluding hydrogens is 212 g/mol. The standard InChI is InChI=1S/C11H12O3S/c1-8-7-15(13,14)11-3-2-9(4-5-12)6-10(8)11/h2-3,6-7,12H,4-5H2,1H3. The van der Waals surface area contributed by atoms with Crippen LogP contribution in [0.4, 0.5) is 0 Å². The first-order valence-electron chi connectivity index (χ1n) is 4.72. The van der Waals surface area contributed by atoms with E-state index in [1.807, 2.05) is 6.07 Å². The predicted octanol–water partition coefficient (Wildman–Crippen LogP) is 1.37. The molecule has 0 radical (unpaired) electrons. The summed E-state index contributed by atoms with van der Waals surface area (Å²) in [7, 11) is -3.21. The second-order valence-corrected chi connectivity index (χ2v) is 5.42. The maximum atomic E-state index is 11.6. The Morgan fingerprint density at radius 1 is 1.33 bits per heavy atom. The van der Waals surface area contributed by atoms with E-state index in [0.29, 0.717) is 11.3 Å². The van der Waals surface area contributed by atoms with Gasteiger partial charge in [-0.3, -0.25) is 0 Å². The van der Waals surface area contributed by atoms with Crippen molar-refractivity contribution in [1.82, 2.24) is 0 Å². The normalized spacial score (nSPS) is 17.3. The highest BCUT2D eigenvalue weighted by Gasteiger charge is 2.24. The van der Waals surface area contributed by atoms with Crippen LogP contribution in [0.2, 0.25) is 0 Å². The van der Waals surface area contributed by atoms with Crippen molar-refractivity contribution < 1.29 is 13.5 Å². The number of aliphatic hydroxyl groups is 1. The monoisotopic (exact) mass is 224 g/mol. The van der Waals surface area contributed by atoms with E-state index in [1.54, 1.807) is 19.1 Å². The van der Waals surface area contributed by atoms with Crippen molar-refractivity contribution in [3.63, 3.8) is 0 Å². The lowest BCUT2D eigenvalue weighted by Gasteiger charge is -2.03. The molecule has 1 aromatic carbocycles. The summed E-state index contributed by atoms with van der Waals surface area (Å²) in [5.74, 6) is 0. The number of aliphatic hydroxyl groups excluding tert-OH is 1. The van der Waals surface area contributed by atoms with Gasteiger partial charge in [0, 0.05) is 12.0 Å². The zero-order valence-corrected chi connectivity index (χ0v) is 9.21. The second kappa shape index (κ2) is 3.47. The van der Waals surface area contributed by atoms with Gasteiger partial charge >= 0.3 is 0 Å². The van der Waals surface area contributed by atoms with E-state index < -0.39 is 9.84 Å². The van der Waals surface area contributed by atoms with Crippen LogP contribution in [0.5, 0.6) is 0 Å². The summed E-state index contributed by atoms with van der Waals surface area (Å²) in [5.41, 5.74) is 2.49. The van der Waals surface area contributed by atoms with E-state index in [9.17, 15) is 8.42 Å². The molecule has 1 aromatic rings. The smallest absolute Gasteiger partial charge is 0.200 e. The molecule has 0 atom stereocenters. The van der Waals surface area contributed by atoms with Crippen molar-refractivity contribution in [3.8, 4) is 0 Å². The first-order valence-corrected chi connectivity index (χ1v) is 6.27. The highest BCUT2D eigenvalue weighted by atomic mass is 32.2. The molecule has 2 rings (SSSR count). The summed E-state index contributed by atoms with van der Waals surface area (Å²) in [6.07, 6.45) is 0.556. The van der Waals surface area contributed by atoms with Gasteiger partial charge in [0.15, 0.2) is 0 Å². The maximum absolute atomic E-state index is 11.6. The Labute approximate surface area is 89.0 Å². The van der Waals surface area contributed by atoms with Crippen LogP contribution in [0.3, 0.4) is 0 Å². The molecule has 0 aliphatic carbocycles. The van der Waals surface area contributed by atoms with Crippen LogP contribution in [-0.2, 0) is 16.3 Å². The van der Waals surface area contributed by atoms with E-state index >= 15 is 0 Å². The van der Waals surface area contributed by atoms with Gasteiger partial charge in [-0.15, -0.1) is 0 Å². The summed E-state index contributed by atoms with van der Waals surface area (Å²) in [5, 5.41) is 10.1. The quantitative estimate of drug-likeness (QED) is 0.825.